The molecule has 1 saturated carbocycles. The molecule has 130 valence electrons. The molecule has 4 heteroatoms. The molecule has 2 aliphatic rings. The van der Waals surface area contributed by atoms with Gasteiger partial charge in [0.2, 0.25) is 11.8 Å². The van der Waals surface area contributed by atoms with Crippen LogP contribution in [0, 0.1) is 5.92 Å². The number of carbonyl (C=O) groups is 2. The van der Waals surface area contributed by atoms with Gasteiger partial charge in [0.05, 0.1) is 0 Å². The van der Waals surface area contributed by atoms with Crippen LogP contribution in [0.5, 0.6) is 0 Å². The Labute approximate surface area is 144 Å². The van der Waals surface area contributed by atoms with Crippen LogP contribution in [-0.4, -0.2) is 29.3 Å². The van der Waals surface area contributed by atoms with Gasteiger partial charge in [0.15, 0.2) is 0 Å². The van der Waals surface area contributed by atoms with Gasteiger partial charge < -0.3 is 10.2 Å². The van der Waals surface area contributed by atoms with Crippen molar-refractivity contribution in [2.24, 2.45) is 5.92 Å². The lowest BCUT2D eigenvalue weighted by molar-refractivity contribution is -0.133. The van der Waals surface area contributed by atoms with Crippen molar-refractivity contribution in [2.45, 2.75) is 64.3 Å². The lowest BCUT2D eigenvalue weighted by Gasteiger charge is -2.31. The standard InChI is InChI=1S/C20H28N2O2/c1-2-19(23)21-18-11-7-6-8-15(18)14-16-12-13-22(20(16)24)17-9-4-3-5-10-17/h6-8,11,16-17H,2-5,9-10,12-14H2,1H3,(H,21,23). The highest BCUT2D eigenvalue weighted by molar-refractivity contribution is 5.91. The molecule has 1 unspecified atom stereocenters. The zero-order chi connectivity index (χ0) is 16.9. The molecule has 1 saturated heterocycles. The topological polar surface area (TPSA) is 49.4 Å². The molecule has 0 aromatic heterocycles. The van der Waals surface area contributed by atoms with E-state index in [9.17, 15) is 9.59 Å². The lowest BCUT2D eigenvalue weighted by Crippen LogP contribution is -2.39. The Bertz CT molecular complexity index is 593. The van der Waals surface area contributed by atoms with Crippen molar-refractivity contribution >= 4 is 17.5 Å². The minimum atomic E-state index is 0.0176. The number of nitrogens with one attached hydrogen (secondary N) is 1. The maximum atomic E-state index is 12.8. The predicted octanol–water partition coefficient (Wildman–Crippen LogP) is 3.76. The third-order valence-corrected chi connectivity index (χ3v) is 5.45. The van der Waals surface area contributed by atoms with Gasteiger partial charge in [-0.2, -0.15) is 0 Å². The quantitative estimate of drug-likeness (QED) is 0.895. The molecule has 1 aromatic carbocycles. The van der Waals surface area contributed by atoms with E-state index >= 15 is 0 Å². The molecule has 24 heavy (non-hydrogen) atoms. The maximum absolute atomic E-state index is 12.8. The zero-order valence-electron chi connectivity index (χ0n) is 14.6. The first-order valence-corrected chi connectivity index (χ1v) is 9.37. The van der Waals surface area contributed by atoms with E-state index in [1.807, 2.05) is 31.2 Å². The van der Waals surface area contributed by atoms with Gasteiger partial charge in [-0.15, -0.1) is 0 Å². The summed E-state index contributed by atoms with van der Waals surface area (Å²) in [6.07, 6.45) is 8.28. The second-order valence-corrected chi connectivity index (χ2v) is 7.07. The van der Waals surface area contributed by atoms with Crippen LogP contribution in [0.15, 0.2) is 24.3 Å². The Kier molecular flexibility index (Phi) is 5.54. The molecule has 0 bridgehead atoms. The fraction of sp³-hybridized carbons (Fsp3) is 0.600. The first kappa shape index (κ1) is 17.0. The molecule has 3 rings (SSSR count). The van der Waals surface area contributed by atoms with E-state index in [4.69, 9.17) is 0 Å². The number of amides is 2. The second-order valence-electron chi connectivity index (χ2n) is 7.07. The lowest BCUT2D eigenvalue weighted by atomic mass is 9.94. The number of hydrogen-bond acceptors (Lipinski definition) is 2. The molecule has 1 aliphatic carbocycles. The molecular weight excluding hydrogens is 300 g/mol. The van der Waals surface area contributed by atoms with Crippen LogP contribution in [0.2, 0.25) is 0 Å². The normalized spacial score (nSPS) is 22.0. The summed E-state index contributed by atoms with van der Waals surface area (Å²) < 4.78 is 0. The van der Waals surface area contributed by atoms with E-state index in [0.29, 0.717) is 18.4 Å². The highest BCUT2D eigenvalue weighted by Gasteiger charge is 2.36. The third-order valence-electron chi connectivity index (χ3n) is 5.45. The summed E-state index contributed by atoms with van der Waals surface area (Å²) in [5.74, 6) is 0.397. The van der Waals surface area contributed by atoms with Crippen LogP contribution >= 0.6 is 0 Å². The Balaban J connectivity index is 1.66. The number of nitrogens with zero attached hydrogens (tertiary/aromatic N) is 1. The Hall–Kier alpha value is -1.84. The number of benzene rings is 1. The summed E-state index contributed by atoms with van der Waals surface area (Å²) in [4.78, 5) is 26.7. The molecule has 4 nitrogen and oxygen atoms in total. The summed E-state index contributed by atoms with van der Waals surface area (Å²) in [6, 6.07) is 8.34. The highest BCUT2D eigenvalue weighted by Crippen LogP contribution is 2.31. The number of rotatable bonds is 5. The van der Waals surface area contributed by atoms with E-state index in [0.717, 1.165) is 30.6 Å². The van der Waals surface area contributed by atoms with Crippen molar-refractivity contribution in [1.82, 2.24) is 4.90 Å². The number of likely N-dealkylation sites (tertiary alicyclic amines) is 1. The highest BCUT2D eigenvalue weighted by atomic mass is 16.2. The molecule has 1 heterocycles. The Morgan fingerprint density at radius 2 is 1.92 bits per heavy atom. The molecule has 1 atom stereocenters. The Morgan fingerprint density at radius 1 is 1.17 bits per heavy atom. The Morgan fingerprint density at radius 3 is 2.67 bits per heavy atom. The van der Waals surface area contributed by atoms with Gasteiger partial charge in [-0.25, -0.2) is 0 Å². The molecule has 1 aromatic rings. The fourth-order valence-electron chi connectivity index (χ4n) is 4.03. The molecule has 1 N–H and O–H groups in total. The first-order valence-electron chi connectivity index (χ1n) is 9.37. The van der Waals surface area contributed by atoms with Gasteiger partial charge in [0, 0.05) is 30.6 Å². The van der Waals surface area contributed by atoms with E-state index in [2.05, 4.69) is 10.2 Å². The van der Waals surface area contributed by atoms with Gasteiger partial charge in [0.25, 0.3) is 0 Å². The van der Waals surface area contributed by atoms with E-state index in [-0.39, 0.29) is 11.8 Å². The average molecular weight is 328 g/mol. The van der Waals surface area contributed by atoms with Crippen LogP contribution in [0.3, 0.4) is 0 Å². The summed E-state index contributed by atoms with van der Waals surface area (Å²) >= 11 is 0. The van der Waals surface area contributed by atoms with Crippen LogP contribution in [0.1, 0.15) is 57.4 Å². The summed E-state index contributed by atoms with van der Waals surface area (Å²) in [7, 11) is 0. The second kappa shape index (κ2) is 7.82. The van der Waals surface area contributed by atoms with Crippen molar-refractivity contribution in [3.63, 3.8) is 0 Å². The monoisotopic (exact) mass is 328 g/mol. The first-order chi connectivity index (χ1) is 11.7. The number of para-hydroxylation sites is 1. The fourth-order valence-corrected chi connectivity index (χ4v) is 4.03. The minimum absolute atomic E-state index is 0.0176. The van der Waals surface area contributed by atoms with Crippen molar-refractivity contribution in [3.05, 3.63) is 29.8 Å². The smallest absolute Gasteiger partial charge is 0.226 e. The predicted molar refractivity (Wildman–Crippen MR) is 95.8 cm³/mol. The largest absolute Gasteiger partial charge is 0.339 e. The van der Waals surface area contributed by atoms with E-state index < -0.39 is 0 Å². The SMILES string of the molecule is CCC(=O)Nc1ccccc1CC1CCN(C2CCCCC2)C1=O. The van der Waals surface area contributed by atoms with Crippen molar-refractivity contribution in [2.75, 3.05) is 11.9 Å². The number of hydrogen-bond donors (Lipinski definition) is 1. The minimum Gasteiger partial charge on any atom is -0.339 e. The van der Waals surface area contributed by atoms with Gasteiger partial charge in [0.1, 0.15) is 0 Å². The maximum Gasteiger partial charge on any atom is 0.226 e. The van der Waals surface area contributed by atoms with Gasteiger partial charge in [-0.1, -0.05) is 44.4 Å². The summed E-state index contributed by atoms with van der Waals surface area (Å²) in [5.41, 5.74) is 1.93. The van der Waals surface area contributed by atoms with Gasteiger partial charge in [-0.05, 0) is 37.3 Å². The van der Waals surface area contributed by atoms with Gasteiger partial charge in [-0.3, -0.25) is 9.59 Å². The number of carbonyl (C=O) groups excluding carboxylic acids is 2. The van der Waals surface area contributed by atoms with Crippen molar-refractivity contribution in [1.29, 1.82) is 0 Å². The zero-order valence-corrected chi connectivity index (χ0v) is 14.6. The average Bonchev–Trinajstić information content (AvgIpc) is 2.98. The van der Waals surface area contributed by atoms with Crippen molar-refractivity contribution < 1.29 is 9.59 Å². The summed E-state index contributed by atoms with van der Waals surface area (Å²) in [5, 5.41) is 2.96. The van der Waals surface area contributed by atoms with E-state index in [1.54, 1.807) is 0 Å². The van der Waals surface area contributed by atoms with Gasteiger partial charge >= 0.3 is 0 Å². The molecule has 1 aliphatic heterocycles. The third kappa shape index (κ3) is 3.80. The molecule has 2 amide bonds. The van der Waals surface area contributed by atoms with Crippen LogP contribution in [-0.2, 0) is 16.0 Å². The summed E-state index contributed by atoms with van der Waals surface area (Å²) in [6.45, 7) is 2.75. The molecule has 0 spiro atoms. The molecular formula is C20H28N2O2. The number of anilines is 1. The van der Waals surface area contributed by atoms with Crippen LogP contribution < -0.4 is 5.32 Å². The molecule has 2 fully saturated rings. The molecule has 0 radical (unpaired) electrons. The van der Waals surface area contributed by atoms with Crippen LogP contribution in [0.25, 0.3) is 0 Å². The van der Waals surface area contributed by atoms with Crippen LogP contribution in [0.4, 0.5) is 5.69 Å². The van der Waals surface area contributed by atoms with Crippen molar-refractivity contribution in [3.8, 4) is 0 Å². The van der Waals surface area contributed by atoms with E-state index in [1.165, 1.54) is 32.1 Å².